The highest BCUT2D eigenvalue weighted by atomic mass is 35.5. The molecule has 0 saturated heterocycles. The Hall–Kier alpha value is -2.58. The highest BCUT2D eigenvalue weighted by molar-refractivity contribution is 6.36. The van der Waals surface area contributed by atoms with Gasteiger partial charge in [0, 0.05) is 10.7 Å². The number of aromatic nitrogens is 2. The molecule has 162 valence electrons. The van der Waals surface area contributed by atoms with Crippen molar-refractivity contribution in [2.24, 2.45) is 5.92 Å². The highest BCUT2D eigenvalue weighted by Gasteiger charge is 2.24. The molecule has 0 fully saturated rings. The van der Waals surface area contributed by atoms with Crippen LogP contribution in [0.4, 0.5) is 0 Å². The number of halogens is 2. The number of hydrogen-bond acceptors (Lipinski definition) is 4. The fourth-order valence-corrected chi connectivity index (χ4v) is 3.34. The van der Waals surface area contributed by atoms with E-state index < -0.39 is 23.8 Å². The molecule has 0 bridgehead atoms. The minimum atomic E-state index is -0.863. The van der Waals surface area contributed by atoms with Gasteiger partial charge in [-0.25, -0.2) is 0 Å². The summed E-state index contributed by atoms with van der Waals surface area (Å²) in [5, 5.41) is 7.45. The molecule has 8 nitrogen and oxygen atoms in total. The standard InChI is InChI=1S/C20H25Cl2N5O3/c1-11(2)7-17(23-19(29)15-6-5-14(21)9-16(15)22)20(30)25-24-18(28)10-27-13(4)8-12(3)26-27/h5-6,8-9,11,17H,7,10H2,1-4H3,(H,23,29)(H,24,28)(H,25,30). The maximum atomic E-state index is 12.6. The second kappa shape index (κ2) is 10.4. The number of nitrogens with one attached hydrogen (secondary N) is 3. The van der Waals surface area contributed by atoms with Crippen molar-refractivity contribution in [1.82, 2.24) is 25.9 Å². The number of carbonyl (C=O) groups excluding carboxylic acids is 3. The molecule has 3 N–H and O–H groups in total. The molecule has 0 spiro atoms. The molecule has 0 aliphatic carbocycles. The van der Waals surface area contributed by atoms with Crippen LogP contribution in [0.3, 0.4) is 0 Å². The van der Waals surface area contributed by atoms with Gasteiger partial charge in [0.2, 0.25) is 0 Å². The van der Waals surface area contributed by atoms with Crippen LogP contribution in [-0.2, 0) is 16.1 Å². The summed E-state index contributed by atoms with van der Waals surface area (Å²) in [6, 6.07) is 5.47. The number of benzene rings is 1. The van der Waals surface area contributed by atoms with Crippen LogP contribution in [0.2, 0.25) is 10.0 Å². The van der Waals surface area contributed by atoms with Crippen molar-refractivity contribution in [1.29, 1.82) is 0 Å². The van der Waals surface area contributed by atoms with E-state index in [-0.39, 0.29) is 23.0 Å². The highest BCUT2D eigenvalue weighted by Crippen LogP contribution is 2.21. The van der Waals surface area contributed by atoms with Gasteiger partial charge in [0.15, 0.2) is 0 Å². The first-order valence-electron chi connectivity index (χ1n) is 9.42. The SMILES string of the molecule is Cc1cc(C)n(CC(=O)NNC(=O)C(CC(C)C)NC(=O)c2ccc(Cl)cc2Cl)n1. The van der Waals surface area contributed by atoms with Crippen molar-refractivity contribution >= 4 is 40.9 Å². The minimum absolute atomic E-state index is 0.0401. The smallest absolute Gasteiger partial charge is 0.260 e. The molecule has 0 radical (unpaired) electrons. The molecule has 1 unspecified atom stereocenters. The summed E-state index contributed by atoms with van der Waals surface area (Å²) < 4.78 is 1.53. The Balaban J connectivity index is 1.99. The summed E-state index contributed by atoms with van der Waals surface area (Å²) in [5.41, 5.74) is 6.56. The van der Waals surface area contributed by atoms with Crippen molar-refractivity contribution in [3.63, 3.8) is 0 Å². The molecule has 10 heteroatoms. The number of hydrogen-bond donors (Lipinski definition) is 3. The Morgan fingerprint density at radius 3 is 2.37 bits per heavy atom. The minimum Gasteiger partial charge on any atom is -0.340 e. The van der Waals surface area contributed by atoms with Gasteiger partial charge in [-0.3, -0.25) is 29.9 Å². The fourth-order valence-electron chi connectivity index (χ4n) is 2.84. The number of amides is 3. The number of nitrogens with zero attached hydrogens (tertiary/aromatic N) is 2. The molecule has 0 aliphatic rings. The summed E-state index contributed by atoms with van der Waals surface area (Å²) >= 11 is 11.9. The molecular weight excluding hydrogens is 429 g/mol. The van der Waals surface area contributed by atoms with Crippen LogP contribution < -0.4 is 16.2 Å². The van der Waals surface area contributed by atoms with Crippen molar-refractivity contribution in [2.45, 2.75) is 46.7 Å². The van der Waals surface area contributed by atoms with Gasteiger partial charge in [-0.15, -0.1) is 0 Å². The predicted molar refractivity (Wildman–Crippen MR) is 115 cm³/mol. The lowest BCUT2D eigenvalue weighted by Gasteiger charge is -2.20. The van der Waals surface area contributed by atoms with Gasteiger partial charge >= 0.3 is 0 Å². The average Bonchev–Trinajstić information content (AvgIpc) is 2.95. The average molecular weight is 454 g/mol. The molecule has 1 aromatic heterocycles. The first kappa shape index (κ1) is 23.7. The first-order valence-corrected chi connectivity index (χ1v) is 10.2. The van der Waals surface area contributed by atoms with Crippen molar-refractivity contribution in [3.05, 3.63) is 51.3 Å². The van der Waals surface area contributed by atoms with E-state index in [1.165, 1.54) is 16.8 Å². The summed E-state index contributed by atoms with van der Waals surface area (Å²) in [5.74, 6) is -1.37. The Kier molecular flexibility index (Phi) is 8.25. The van der Waals surface area contributed by atoms with E-state index >= 15 is 0 Å². The van der Waals surface area contributed by atoms with E-state index in [1.54, 1.807) is 6.07 Å². The van der Waals surface area contributed by atoms with Crippen LogP contribution in [0.5, 0.6) is 0 Å². The van der Waals surface area contributed by atoms with E-state index in [4.69, 9.17) is 23.2 Å². The van der Waals surface area contributed by atoms with Gasteiger partial charge in [0.05, 0.1) is 16.3 Å². The Bertz CT molecular complexity index is 943. The number of hydrazine groups is 1. The molecule has 2 aromatic rings. The topological polar surface area (TPSA) is 105 Å². The van der Waals surface area contributed by atoms with Gasteiger partial charge in [-0.2, -0.15) is 5.10 Å². The van der Waals surface area contributed by atoms with Crippen LogP contribution in [0, 0.1) is 19.8 Å². The van der Waals surface area contributed by atoms with Crippen LogP contribution in [0.25, 0.3) is 0 Å². The Morgan fingerprint density at radius 2 is 1.80 bits per heavy atom. The summed E-state index contributed by atoms with van der Waals surface area (Å²) in [4.78, 5) is 37.3. The zero-order valence-electron chi connectivity index (χ0n) is 17.3. The normalized spacial score (nSPS) is 11.8. The first-order chi connectivity index (χ1) is 14.1. The Labute approximate surface area is 185 Å². The molecule has 1 heterocycles. The molecule has 0 aliphatic heterocycles. The summed E-state index contributed by atoms with van der Waals surface area (Å²) in [7, 11) is 0. The lowest BCUT2D eigenvalue weighted by atomic mass is 10.0. The maximum Gasteiger partial charge on any atom is 0.260 e. The second-order valence-electron chi connectivity index (χ2n) is 7.40. The zero-order valence-corrected chi connectivity index (χ0v) is 18.8. The van der Waals surface area contributed by atoms with Crippen LogP contribution in [-0.4, -0.2) is 33.5 Å². The molecule has 0 saturated carbocycles. The van der Waals surface area contributed by atoms with E-state index in [0.29, 0.717) is 11.4 Å². The van der Waals surface area contributed by atoms with Crippen LogP contribution in [0.15, 0.2) is 24.3 Å². The lowest BCUT2D eigenvalue weighted by Crippen LogP contribution is -2.53. The van der Waals surface area contributed by atoms with E-state index in [9.17, 15) is 14.4 Å². The van der Waals surface area contributed by atoms with Gasteiger partial charge in [0.25, 0.3) is 17.7 Å². The quantitative estimate of drug-likeness (QED) is 0.560. The van der Waals surface area contributed by atoms with Crippen molar-refractivity contribution in [3.8, 4) is 0 Å². The fraction of sp³-hybridized carbons (Fsp3) is 0.400. The number of carbonyl (C=O) groups is 3. The van der Waals surface area contributed by atoms with E-state index in [1.807, 2.05) is 33.8 Å². The molecule has 2 rings (SSSR count). The van der Waals surface area contributed by atoms with Crippen LogP contribution in [0.1, 0.15) is 42.0 Å². The molecule has 1 aromatic carbocycles. The largest absolute Gasteiger partial charge is 0.340 e. The monoisotopic (exact) mass is 453 g/mol. The summed E-state index contributed by atoms with van der Waals surface area (Å²) in [6.45, 7) is 7.46. The third kappa shape index (κ3) is 6.74. The zero-order chi connectivity index (χ0) is 22.4. The van der Waals surface area contributed by atoms with Gasteiger partial charge < -0.3 is 5.32 Å². The third-order valence-electron chi connectivity index (χ3n) is 4.23. The molecular formula is C20H25Cl2N5O3. The van der Waals surface area contributed by atoms with E-state index in [2.05, 4.69) is 21.3 Å². The summed E-state index contributed by atoms with van der Waals surface area (Å²) in [6.07, 6.45) is 0.371. The second-order valence-corrected chi connectivity index (χ2v) is 8.25. The number of aryl methyl sites for hydroxylation is 2. The third-order valence-corrected chi connectivity index (χ3v) is 4.77. The van der Waals surface area contributed by atoms with E-state index in [0.717, 1.165) is 11.4 Å². The number of rotatable bonds is 7. The molecule has 30 heavy (non-hydrogen) atoms. The van der Waals surface area contributed by atoms with Crippen LogP contribution >= 0.6 is 23.2 Å². The molecule has 1 atom stereocenters. The predicted octanol–water partition coefficient (Wildman–Crippen LogP) is 2.80. The van der Waals surface area contributed by atoms with Crippen molar-refractivity contribution in [2.75, 3.05) is 0 Å². The van der Waals surface area contributed by atoms with Gasteiger partial charge in [0.1, 0.15) is 12.6 Å². The molecule has 3 amide bonds. The van der Waals surface area contributed by atoms with Gasteiger partial charge in [-0.05, 0) is 50.5 Å². The maximum absolute atomic E-state index is 12.6. The Morgan fingerprint density at radius 1 is 1.10 bits per heavy atom. The van der Waals surface area contributed by atoms with Crippen molar-refractivity contribution < 1.29 is 14.4 Å². The van der Waals surface area contributed by atoms with Gasteiger partial charge in [-0.1, -0.05) is 37.0 Å². The lowest BCUT2D eigenvalue weighted by molar-refractivity contribution is -0.130.